The number of hydrogen-bond donors (Lipinski definition) is 0. The zero-order chi connectivity index (χ0) is 15.3. The number of hydrogen-bond acceptors (Lipinski definition) is 6. The van der Waals surface area contributed by atoms with E-state index in [1.165, 1.54) is 0 Å². The molecule has 0 spiro atoms. The summed E-state index contributed by atoms with van der Waals surface area (Å²) >= 11 is 0. The fraction of sp³-hybridized carbons (Fsp3) is 0.533. The number of esters is 1. The van der Waals surface area contributed by atoms with E-state index in [1.54, 1.807) is 38.7 Å². The van der Waals surface area contributed by atoms with E-state index in [-0.39, 0.29) is 30.7 Å². The van der Waals surface area contributed by atoms with Gasteiger partial charge in [-0.1, -0.05) is 0 Å². The van der Waals surface area contributed by atoms with Crippen molar-refractivity contribution in [2.45, 2.75) is 25.0 Å². The molecule has 1 fully saturated rings. The molecule has 6 nitrogen and oxygen atoms in total. The van der Waals surface area contributed by atoms with Gasteiger partial charge in [-0.2, -0.15) is 0 Å². The quantitative estimate of drug-likeness (QED) is 0.554. The molecule has 0 bridgehead atoms. The van der Waals surface area contributed by atoms with E-state index >= 15 is 0 Å². The van der Waals surface area contributed by atoms with Gasteiger partial charge >= 0.3 is 5.97 Å². The first-order valence-electron chi connectivity index (χ1n) is 6.76. The maximum Gasteiger partial charge on any atom is 0.309 e. The fourth-order valence-electron chi connectivity index (χ4n) is 2.32. The third kappa shape index (κ3) is 3.86. The second-order valence-corrected chi connectivity index (χ2v) is 5.10. The van der Waals surface area contributed by atoms with Crippen LogP contribution in [0.2, 0.25) is 0 Å². The lowest BCUT2D eigenvalue weighted by molar-refractivity contribution is -0.270. The molecule has 1 aromatic heterocycles. The third-order valence-corrected chi connectivity index (χ3v) is 3.72. The molecule has 1 aromatic rings. The van der Waals surface area contributed by atoms with Gasteiger partial charge in [0.2, 0.25) is 0 Å². The summed E-state index contributed by atoms with van der Waals surface area (Å²) in [5.74, 6) is -1.45. The van der Waals surface area contributed by atoms with Crippen LogP contribution in [0.25, 0.3) is 0 Å². The molecule has 0 radical (unpaired) electrons. The topological polar surface area (TPSA) is 74.7 Å². The molecule has 6 heteroatoms. The second-order valence-electron chi connectivity index (χ2n) is 5.10. The largest absolute Gasteiger partial charge is 0.457 e. The molecule has 1 aliphatic rings. The van der Waals surface area contributed by atoms with Gasteiger partial charge in [0.05, 0.1) is 5.92 Å². The van der Waals surface area contributed by atoms with Gasteiger partial charge in [0.15, 0.2) is 11.6 Å². The van der Waals surface area contributed by atoms with Gasteiger partial charge in [-0.3, -0.25) is 14.6 Å². The number of rotatable bonds is 7. The number of aromatic nitrogens is 1. The number of nitrogens with zero attached hydrogens (tertiary/aromatic N) is 1. The SMILES string of the molecule is COC1(OC)CC(C(=O)OCC(=O)Cc2ccncc2)C1. The number of ketones is 1. The van der Waals surface area contributed by atoms with E-state index in [1.807, 2.05) is 0 Å². The van der Waals surface area contributed by atoms with E-state index in [2.05, 4.69) is 4.98 Å². The molecule has 0 aromatic carbocycles. The Kier molecular flexibility index (Phi) is 5.03. The monoisotopic (exact) mass is 293 g/mol. The van der Waals surface area contributed by atoms with Crippen molar-refractivity contribution in [2.24, 2.45) is 5.92 Å². The van der Waals surface area contributed by atoms with Gasteiger partial charge in [0.1, 0.15) is 6.61 Å². The molecule has 0 atom stereocenters. The highest BCUT2D eigenvalue weighted by Crippen LogP contribution is 2.41. The fourth-order valence-corrected chi connectivity index (χ4v) is 2.32. The van der Waals surface area contributed by atoms with Crippen molar-refractivity contribution in [1.82, 2.24) is 4.98 Å². The summed E-state index contributed by atoms with van der Waals surface area (Å²) in [6.45, 7) is -0.204. The van der Waals surface area contributed by atoms with Crippen LogP contribution in [0.5, 0.6) is 0 Å². The van der Waals surface area contributed by atoms with Gasteiger partial charge in [0.25, 0.3) is 0 Å². The Hall–Kier alpha value is -1.79. The Bertz CT molecular complexity index is 490. The Morgan fingerprint density at radius 3 is 2.43 bits per heavy atom. The summed E-state index contributed by atoms with van der Waals surface area (Å²) in [5.41, 5.74) is 0.854. The van der Waals surface area contributed by atoms with Crippen LogP contribution in [0.3, 0.4) is 0 Å². The van der Waals surface area contributed by atoms with Crippen LogP contribution in [0.15, 0.2) is 24.5 Å². The summed E-state index contributed by atoms with van der Waals surface area (Å²) in [6.07, 6.45) is 4.39. The van der Waals surface area contributed by atoms with Crippen LogP contribution in [-0.4, -0.2) is 43.4 Å². The van der Waals surface area contributed by atoms with E-state index in [9.17, 15) is 9.59 Å². The first-order valence-corrected chi connectivity index (χ1v) is 6.76. The van der Waals surface area contributed by atoms with Gasteiger partial charge < -0.3 is 14.2 Å². The van der Waals surface area contributed by atoms with Crippen molar-refractivity contribution in [3.05, 3.63) is 30.1 Å². The Morgan fingerprint density at radius 1 is 1.24 bits per heavy atom. The molecule has 0 unspecified atom stereocenters. The van der Waals surface area contributed by atoms with Crippen molar-refractivity contribution in [3.8, 4) is 0 Å². The lowest BCUT2D eigenvalue weighted by Crippen LogP contribution is -2.50. The van der Waals surface area contributed by atoms with Crippen molar-refractivity contribution in [3.63, 3.8) is 0 Å². The van der Waals surface area contributed by atoms with Crippen molar-refractivity contribution < 1.29 is 23.8 Å². The molecular formula is C15H19NO5. The zero-order valence-corrected chi connectivity index (χ0v) is 12.2. The highest BCUT2D eigenvalue weighted by molar-refractivity contribution is 5.84. The van der Waals surface area contributed by atoms with E-state index in [0.29, 0.717) is 12.8 Å². The van der Waals surface area contributed by atoms with Gasteiger partial charge in [-0.25, -0.2) is 0 Å². The summed E-state index contributed by atoms with van der Waals surface area (Å²) in [6, 6.07) is 3.52. The van der Waals surface area contributed by atoms with Gasteiger partial charge in [-0.05, 0) is 17.7 Å². The minimum atomic E-state index is -0.676. The lowest BCUT2D eigenvalue weighted by atomic mass is 9.79. The Balaban J connectivity index is 1.72. The van der Waals surface area contributed by atoms with E-state index in [0.717, 1.165) is 5.56 Å². The van der Waals surface area contributed by atoms with Crippen molar-refractivity contribution >= 4 is 11.8 Å². The maximum atomic E-state index is 11.8. The molecule has 0 aliphatic heterocycles. The molecule has 1 saturated carbocycles. The minimum Gasteiger partial charge on any atom is -0.457 e. The van der Waals surface area contributed by atoms with E-state index in [4.69, 9.17) is 14.2 Å². The van der Waals surface area contributed by atoms with Crippen LogP contribution in [-0.2, 0) is 30.2 Å². The minimum absolute atomic E-state index is 0.140. The van der Waals surface area contributed by atoms with Crippen molar-refractivity contribution in [1.29, 1.82) is 0 Å². The standard InChI is InChI=1S/C15H19NO5/c1-19-15(20-2)8-12(9-15)14(18)21-10-13(17)7-11-3-5-16-6-4-11/h3-6,12H,7-10H2,1-2H3. The molecule has 1 aliphatic carbocycles. The first kappa shape index (κ1) is 15.6. The molecule has 21 heavy (non-hydrogen) atoms. The average Bonchev–Trinajstić information content (AvgIpc) is 2.46. The molecule has 0 saturated heterocycles. The predicted molar refractivity (Wildman–Crippen MR) is 73.4 cm³/mol. The number of pyridine rings is 1. The molecule has 1 heterocycles. The number of carbonyl (C=O) groups is 2. The molecule has 2 rings (SSSR count). The molecule has 0 amide bonds. The Morgan fingerprint density at radius 2 is 1.86 bits per heavy atom. The van der Waals surface area contributed by atoms with Crippen LogP contribution in [0.1, 0.15) is 18.4 Å². The molecular weight excluding hydrogens is 274 g/mol. The zero-order valence-electron chi connectivity index (χ0n) is 12.2. The number of carbonyl (C=O) groups excluding carboxylic acids is 2. The molecule has 114 valence electrons. The normalized spacial score (nSPS) is 17.0. The summed E-state index contributed by atoms with van der Waals surface area (Å²) < 4.78 is 15.5. The summed E-state index contributed by atoms with van der Waals surface area (Å²) in [5, 5.41) is 0. The van der Waals surface area contributed by atoms with Gasteiger partial charge in [0, 0.05) is 45.9 Å². The third-order valence-electron chi connectivity index (χ3n) is 3.72. The predicted octanol–water partition coefficient (Wildman–Crippen LogP) is 1.14. The first-order chi connectivity index (χ1) is 10.1. The molecule has 0 N–H and O–H groups in total. The number of ether oxygens (including phenoxy) is 3. The van der Waals surface area contributed by atoms with Crippen LogP contribution >= 0.6 is 0 Å². The summed E-state index contributed by atoms with van der Waals surface area (Å²) in [7, 11) is 3.09. The lowest BCUT2D eigenvalue weighted by Gasteiger charge is -2.43. The Labute approximate surface area is 123 Å². The summed E-state index contributed by atoms with van der Waals surface area (Å²) in [4.78, 5) is 27.4. The number of methoxy groups -OCH3 is 2. The van der Waals surface area contributed by atoms with Crippen LogP contribution < -0.4 is 0 Å². The number of Topliss-reactive ketones (excluding diaryl/α,β-unsaturated/α-hetero) is 1. The highest BCUT2D eigenvalue weighted by Gasteiger charge is 2.49. The van der Waals surface area contributed by atoms with Crippen LogP contribution in [0.4, 0.5) is 0 Å². The maximum absolute atomic E-state index is 11.8. The van der Waals surface area contributed by atoms with Gasteiger partial charge in [-0.15, -0.1) is 0 Å². The second kappa shape index (κ2) is 6.78. The van der Waals surface area contributed by atoms with E-state index < -0.39 is 5.79 Å². The van der Waals surface area contributed by atoms with Crippen LogP contribution in [0, 0.1) is 5.92 Å². The smallest absolute Gasteiger partial charge is 0.309 e. The average molecular weight is 293 g/mol. The van der Waals surface area contributed by atoms with Crippen molar-refractivity contribution in [2.75, 3.05) is 20.8 Å². The highest BCUT2D eigenvalue weighted by atomic mass is 16.7.